The van der Waals surface area contributed by atoms with Gasteiger partial charge in [-0.1, -0.05) is 40.5 Å². The van der Waals surface area contributed by atoms with E-state index in [0.29, 0.717) is 39.7 Å². The number of ether oxygens (including phenoxy) is 2. The second-order valence-corrected chi connectivity index (χ2v) is 7.29. The van der Waals surface area contributed by atoms with Crippen LogP contribution in [0.5, 0.6) is 11.5 Å². The number of esters is 1. The van der Waals surface area contributed by atoms with Crippen molar-refractivity contribution < 1.29 is 18.8 Å². The van der Waals surface area contributed by atoms with Crippen LogP contribution in [0.1, 0.15) is 29.6 Å². The number of hydrogen-bond donors (Lipinski definition) is 0. The van der Waals surface area contributed by atoms with Crippen LogP contribution >= 0.6 is 23.2 Å². The number of benzene rings is 2. The van der Waals surface area contributed by atoms with Gasteiger partial charge in [0.1, 0.15) is 11.5 Å². The van der Waals surface area contributed by atoms with Crippen molar-refractivity contribution in [2.75, 3.05) is 0 Å². The van der Waals surface area contributed by atoms with Crippen molar-refractivity contribution in [1.82, 2.24) is 10.1 Å². The van der Waals surface area contributed by atoms with Gasteiger partial charge in [-0.15, -0.1) is 0 Å². The molecule has 3 aromatic rings. The van der Waals surface area contributed by atoms with Crippen molar-refractivity contribution in [3.05, 3.63) is 69.8 Å². The topological polar surface area (TPSA) is 74.5 Å². The molecule has 1 aliphatic carbocycles. The van der Waals surface area contributed by atoms with E-state index in [9.17, 15) is 4.79 Å². The first-order chi connectivity index (χ1) is 13.5. The summed E-state index contributed by atoms with van der Waals surface area (Å²) in [6.45, 7) is 1.91. The Hall–Kier alpha value is -2.57. The molecule has 0 spiro atoms. The Bertz CT molecular complexity index is 1000. The summed E-state index contributed by atoms with van der Waals surface area (Å²) in [5, 5.41) is 4.69. The van der Waals surface area contributed by atoms with E-state index in [1.165, 1.54) is 0 Å². The van der Waals surface area contributed by atoms with Gasteiger partial charge < -0.3 is 14.0 Å². The molecule has 2 aromatic carbocycles. The predicted octanol–water partition coefficient (Wildman–Crippen LogP) is 4.97. The van der Waals surface area contributed by atoms with Crippen molar-refractivity contribution in [2.45, 2.75) is 25.9 Å². The molecule has 0 amide bonds. The smallest absolute Gasteiger partial charge is 0.314 e. The normalized spacial score (nSPS) is 18.0. The van der Waals surface area contributed by atoms with Crippen molar-refractivity contribution in [1.29, 1.82) is 0 Å². The average Bonchev–Trinajstić information content (AvgIpc) is 3.38. The number of nitrogens with zero attached hydrogens (tertiary/aromatic N) is 2. The van der Waals surface area contributed by atoms with Crippen molar-refractivity contribution in [2.24, 2.45) is 5.92 Å². The van der Waals surface area contributed by atoms with Crippen LogP contribution in [0.4, 0.5) is 0 Å². The molecule has 6 nitrogen and oxygen atoms in total. The van der Waals surface area contributed by atoms with Crippen LogP contribution in [0.25, 0.3) is 0 Å². The van der Waals surface area contributed by atoms with Gasteiger partial charge in [0.2, 0.25) is 0 Å². The number of carbonyl (C=O) groups excluding carboxylic acids is 1. The fraction of sp³-hybridized carbons (Fsp3) is 0.250. The van der Waals surface area contributed by atoms with Gasteiger partial charge in [0.25, 0.3) is 5.89 Å². The molecule has 0 aliphatic heterocycles. The summed E-state index contributed by atoms with van der Waals surface area (Å²) in [6, 6.07) is 12.2. The maximum absolute atomic E-state index is 12.4. The van der Waals surface area contributed by atoms with E-state index in [1.807, 2.05) is 12.1 Å². The molecule has 1 aromatic heterocycles. The van der Waals surface area contributed by atoms with Gasteiger partial charge in [0, 0.05) is 0 Å². The first-order valence-electron chi connectivity index (χ1n) is 8.69. The Labute approximate surface area is 171 Å². The molecule has 0 N–H and O–H groups in total. The minimum absolute atomic E-state index is 0.0409. The largest absolute Gasteiger partial charge is 0.484 e. The molecule has 28 heavy (non-hydrogen) atoms. The lowest BCUT2D eigenvalue weighted by molar-refractivity contribution is -0.135. The van der Waals surface area contributed by atoms with Crippen LogP contribution in [0.15, 0.2) is 47.0 Å². The van der Waals surface area contributed by atoms with E-state index in [-0.39, 0.29) is 24.4 Å². The SMILES string of the molecule is Cc1noc(COc2ccc(OC(=O)C3CC3c3cccc(Cl)c3Cl)cc2)n1. The van der Waals surface area contributed by atoms with E-state index in [0.717, 1.165) is 5.56 Å². The Morgan fingerprint density at radius 3 is 2.64 bits per heavy atom. The molecule has 0 saturated heterocycles. The molecular weight excluding hydrogens is 403 g/mol. The lowest BCUT2D eigenvalue weighted by atomic mass is 10.1. The Balaban J connectivity index is 1.32. The van der Waals surface area contributed by atoms with Gasteiger partial charge in [0.05, 0.1) is 16.0 Å². The van der Waals surface area contributed by atoms with Gasteiger partial charge in [-0.05, 0) is 55.2 Å². The second kappa shape index (κ2) is 7.81. The third kappa shape index (κ3) is 4.13. The fourth-order valence-corrected chi connectivity index (χ4v) is 3.39. The maximum atomic E-state index is 12.4. The minimum atomic E-state index is -0.281. The average molecular weight is 419 g/mol. The third-order valence-electron chi connectivity index (χ3n) is 4.45. The molecule has 1 aliphatic rings. The third-order valence-corrected chi connectivity index (χ3v) is 5.28. The monoisotopic (exact) mass is 418 g/mol. The molecule has 2 unspecified atom stereocenters. The van der Waals surface area contributed by atoms with E-state index in [4.69, 9.17) is 37.2 Å². The standard InChI is InChI=1S/C20H16Cl2N2O4/c1-11-23-18(28-24-11)10-26-12-5-7-13(8-6-12)27-20(25)16-9-15(16)14-3-2-4-17(21)19(14)22/h2-8,15-16H,9-10H2,1H3. The number of rotatable bonds is 6. The van der Waals surface area contributed by atoms with Crippen LogP contribution in [0, 0.1) is 12.8 Å². The summed E-state index contributed by atoms with van der Waals surface area (Å²) >= 11 is 12.3. The van der Waals surface area contributed by atoms with Crippen LogP contribution in [-0.4, -0.2) is 16.1 Å². The molecule has 2 atom stereocenters. The fourth-order valence-electron chi connectivity index (χ4n) is 2.95. The zero-order valence-corrected chi connectivity index (χ0v) is 16.4. The van der Waals surface area contributed by atoms with Crippen molar-refractivity contribution >= 4 is 29.2 Å². The Morgan fingerprint density at radius 1 is 1.18 bits per heavy atom. The zero-order chi connectivity index (χ0) is 19.7. The van der Waals surface area contributed by atoms with Crippen molar-refractivity contribution in [3.8, 4) is 11.5 Å². The highest BCUT2D eigenvalue weighted by Crippen LogP contribution is 2.51. The first-order valence-corrected chi connectivity index (χ1v) is 9.44. The first kappa shape index (κ1) is 18.8. The quantitative estimate of drug-likeness (QED) is 0.415. The lowest BCUT2D eigenvalue weighted by Crippen LogP contribution is -2.11. The number of hydrogen-bond acceptors (Lipinski definition) is 6. The molecule has 0 radical (unpaired) electrons. The van der Waals surface area contributed by atoms with Gasteiger partial charge >= 0.3 is 5.97 Å². The van der Waals surface area contributed by atoms with Gasteiger partial charge in [-0.3, -0.25) is 4.79 Å². The van der Waals surface area contributed by atoms with Crippen molar-refractivity contribution in [3.63, 3.8) is 0 Å². The molecular formula is C20H16Cl2N2O4. The molecule has 1 fully saturated rings. The Morgan fingerprint density at radius 2 is 1.93 bits per heavy atom. The summed E-state index contributed by atoms with van der Waals surface area (Å²) in [4.78, 5) is 16.5. The number of aryl methyl sites for hydroxylation is 1. The minimum Gasteiger partial charge on any atom is -0.484 e. The number of halogens is 2. The predicted molar refractivity (Wildman–Crippen MR) is 103 cm³/mol. The molecule has 8 heteroatoms. The maximum Gasteiger partial charge on any atom is 0.314 e. The summed E-state index contributed by atoms with van der Waals surface area (Å²) < 4.78 is 16.0. The number of carbonyl (C=O) groups is 1. The Kier molecular flexibility index (Phi) is 5.24. The molecule has 1 saturated carbocycles. The molecule has 144 valence electrons. The van der Waals surface area contributed by atoms with Gasteiger partial charge in [-0.25, -0.2) is 0 Å². The lowest BCUT2D eigenvalue weighted by Gasteiger charge is -2.07. The number of aromatic nitrogens is 2. The summed E-state index contributed by atoms with van der Waals surface area (Å²) in [6.07, 6.45) is 0.698. The van der Waals surface area contributed by atoms with Crippen LogP contribution in [0.3, 0.4) is 0 Å². The van der Waals surface area contributed by atoms with E-state index < -0.39 is 0 Å². The highest BCUT2D eigenvalue weighted by Gasteiger charge is 2.46. The molecule has 0 bridgehead atoms. The second-order valence-electron chi connectivity index (χ2n) is 6.51. The van der Waals surface area contributed by atoms with Gasteiger partial charge in [0.15, 0.2) is 12.4 Å². The summed E-state index contributed by atoms with van der Waals surface area (Å²) in [5.41, 5.74) is 0.885. The van der Waals surface area contributed by atoms with E-state index in [1.54, 1.807) is 37.3 Å². The highest BCUT2D eigenvalue weighted by atomic mass is 35.5. The van der Waals surface area contributed by atoms with E-state index in [2.05, 4.69) is 10.1 Å². The van der Waals surface area contributed by atoms with Crippen LogP contribution in [-0.2, 0) is 11.4 Å². The molecule has 1 heterocycles. The van der Waals surface area contributed by atoms with Gasteiger partial charge in [-0.2, -0.15) is 4.98 Å². The summed E-state index contributed by atoms with van der Waals surface area (Å²) in [7, 11) is 0. The highest BCUT2D eigenvalue weighted by molar-refractivity contribution is 6.42. The van der Waals surface area contributed by atoms with Crippen LogP contribution in [0.2, 0.25) is 10.0 Å². The molecule has 4 rings (SSSR count). The van der Waals surface area contributed by atoms with Crippen LogP contribution < -0.4 is 9.47 Å². The zero-order valence-electron chi connectivity index (χ0n) is 14.9. The van der Waals surface area contributed by atoms with E-state index >= 15 is 0 Å². The summed E-state index contributed by atoms with van der Waals surface area (Å²) in [5.74, 6) is 1.55.